The molecular formula is C35H37N5O9P+. The number of ether oxygens (including phenoxy) is 4. The quantitative estimate of drug-likeness (QED) is 0.110. The number of aromatic amines is 1. The van der Waals surface area contributed by atoms with Crippen LogP contribution in [0.5, 0.6) is 11.5 Å². The van der Waals surface area contributed by atoms with Gasteiger partial charge in [-0.3, -0.25) is 24.5 Å². The number of hydrogen-bond donors (Lipinski definition) is 3. The lowest BCUT2D eigenvalue weighted by Gasteiger charge is -2.37. The Bertz CT molecular complexity index is 1970. The Kier molecular flexibility index (Phi) is 10.4. The molecule has 1 unspecified atom stereocenters. The third-order valence-electron chi connectivity index (χ3n) is 8.55. The molecule has 3 heterocycles. The number of nitrogens with zero attached hydrogens (tertiary/aromatic N) is 3. The summed E-state index contributed by atoms with van der Waals surface area (Å²) >= 11 is 0. The van der Waals surface area contributed by atoms with Gasteiger partial charge in [0.05, 0.1) is 27.2 Å². The number of H-pyrrole nitrogens is 1. The summed E-state index contributed by atoms with van der Waals surface area (Å²) in [5.41, 5.74) is 0.835. The molecule has 0 radical (unpaired) electrons. The number of hydrogen-bond acceptors (Lipinski definition) is 10. The molecule has 1 aliphatic heterocycles. The van der Waals surface area contributed by atoms with Gasteiger partial charge < -0.3 is 18.9 Å². The molecule has 2 aromatic heterocycles. The van der Waals surface area contributed by atoms with Gasteiger partial charge in [0.2, 0.25) is 11.9 Å². The van der Waals surface area contributed by atoms with Gasteiger partial charge in [-0.15, -0.1) is 9.42 Å². The van der Waals surface area contributed by atoms with Crippen molar-refractivity contribution in [2.24, 2.45) is 5.92 Å². The number of benzene rings is 3. The van der Waals surface area contributed by atoms with Crippen LogP contribution in [0.3, 0.4) is 0 Å². The molecule has 4 atom stereocenters. The Balaban J connectivity index is 1.38. The van der Waals surface area contributed by atoms with Crippen molar-refractivity contribution in [2.45, 2.75) is 44.3 Å². The number of rotatable bonds is 13. The van der Waals surface area contributed by atoms with Gasteiger partial charge in [0.1, 0.15) is 35.5 Å². The number of carbonyl (C=O) groups excluding carboxylic acids is 1. The molecule has 5 aromatic rings. The first kappa shape index (κ1) is 34.9. The van der Waals surface area contributed by atoms with E-state index in [1.807, 2.05) is 78.9 Å². The maximum atomic E-state index is 12.9. The number of anilines is 1. The second-order valence-corrected chi connectivity index (χ2v) is 12.6. The maximum absolute atomic E-state index is 12.9. The highest BCUT2D eigenvalue weighted by atomic mass is 31.1. The largest absolute Gasteiger partial charge is 0.695 e. The summed E-state index contributed by atoms with van der Waals surface area (Å²) in [4.78, 5) is 46.2. The van der Waals surface area contributed by atoms with Crippen LogP contribution in [0, 0.1) is 5.92 Å². The van der Waals surface area contributed by atoms with Gasteiger partial charge in [-0.25, -0.2) is 4.98 Å². The van der Waals surface area contributed by atoms with E-state index in [0.29, 0.717) is 11.5 Å². The van der Waals surface area contributed by atoms with E-state index in [9.17, 15) is 19.0 Å². The summed E-state index contributed by atoms with van der Waals surface area (Å²) in [7, 11) is 0.175. The number of fused-ring (bicyclic) bond motifs is 1. The highest BCUT2D eigenvalue weighted by molar-refractivity contribution is 7.32. The normalized spacial score (nSPS) is 18.0. The summed E-state index contributed by atoms with van der Waals surface area (Å²) in [5.74, 6) is 0.610. The first-order valence-corrected chi connectivity index (χ1v) is 17.0. The van der Waals surface area contributed by atoms with Crippen LogP contribution in [-0.4, -0.2) is 63.4 Å². The lowest BCUT2D eigenvalue weighted by atomic mass is 9.80. The zero-order valence-corrected chi connectivity index (χ0v) is 28.7. The molecule has 0 bridgehead atoms. The maximum Gasteiger partial charge on any atom is 0.695 e. The molecule has 1 amide bonds. The molecule has 0 aliphatic carbocycles. The molecule has 0 spiro atoms. The minimum atomic E-state index is -3.01. The number of aromatic nitrogens is 4. The van der Waals surface area contributed by atoms with Gasteiger partial charge in [-0.2, -0.15) is 4.98 Å². The first-order chi connectivity index (χ1) is 24.1. The SMILES string of the molecule is COc1ccc(C(OC[C@H]2O[C@@H](n3cnc4c(=O)[nH]c(NC(=O)C(C)C)nc43)C[C@H]2O[P+](=O)O)(c2ccccc2)c2ccc(OC)cc2)cc1. The molecule has 50 heavy (non-hydrogen) atoms. The van der Waals surface area contributed by atoms with Crippen LogP contribution in [0.1, 0.15) is 43.2 Å². The van der Waals surface area contributed by atoms with Crippen LogP contribution < -0.4 is 20.3 Å². The van der Waals surface area contributed by atoms with Gasteiger partial charge >= 0.3 is 8.25 Å². The first-order valence-electron chi connectivity index (χ1n) is 15.9. The molecule has 15 heteroatoms. The van der Waals surface area contributed by atoms with E-state index in [2.05, 4.69) is 20.3 Å². The smallest absolute Gasteiger partial charge is 0.497 e. The second kappa shape index (κ2) is 14.9. The Labute approximate surface area is 288 Å². The van der Waals surface area contributed by atoms with E-state index in [4.69, 9.17) is 23.5 Å². The molecule has 1 fully saturated rings. The van der Waals surface area contributed by atoms with Crippen LogP contribution in [0.15, 0.2) is 90.0 Å². The van der Waals surface area contributed by atoms with Crippen LogP contribution in [0.25, 0.3) is 11.2 Å². The minimum absolute atomic E-state index is 0.0312. The third kappa shape index (κ3) is 7.02. The number of amides is 1. The third-order valence-corrected chi connectivity index (χ3v) is 9.00. The zero-order valence-electron chi connectivity index (χ0n) is 27.8. The summed E-state index contributed by atoms with van der Waals surface area (Å²) in [6.07, 6.45) is -1.07. The van der Waals surface area contributed by atoms with Gasteiger partial charge in [0, 0.05) is 16.9 Å². The van der Waals surface area contributed by atoms with Gasteiger partial charge in [0.25, 0.3) is 5.56 Å². The van der Waals surface area contributed by atoms with Crippen molar-refractivity contribution in [1.82, 2.24) is 19.5 Å². The van der Waals surface area contributed by atoms with Crippen molar-refractivity contribution in [3.8, 4) is 11.5 Å². The Hall–Kier alpha value is -4.98. The average Bonchev–Trinajstić information content (AvgIpc) is 3.73. The van der Waals surface area contributed by atoms with Gasteiger partial charge in [-0.05, 0) is 41.0 Å². The van der Waals surface area contributed by atoms with Gasteiger partial charge in [0.15, 0.2) is 11.2 Å². The van der Waals surface area contributed by atoms with E-state index >= 15 is 0 Å². The van der Waals surface area contributed by atoms with Crippen molar-refractivity contribution in [3.63, 3.8) is 0 Å². The van der Waals surface area contributed by atoms with Crippen molar-refractivity contribution in [1.29, 1.82) is 0 Å². The molecule has 0 saturated carbocycles. The topological polar surface area (TPSA) is 176 Å². The predicted octanol–water partition coefficient (Wildman–Crippen LogP) is 5.06. The molecule has 1 aliphatic rings. The van der Waals surface area contributed by atoms with Crippen molar-refractivity contribution in [2.75, 3.05) is 26.1 Å². The molecule has 3 aromatic carbocycles. The highest BCUT2D eigenvalue weighted by Crippen LogP contribution is 2.44. The molecule has 6 rings (SSSR count). The van der Waals surface area contributed by atoms with Crippen molar-refractivity contribution >= 4 is 31.3 Å². The Morgan fingerprint density at radius 3 is 2.18 bits per heavy atom. The summed E-state index contributed by atoms with van der Waals surface area (Å²) in [5, 5.41) is 2.60. The van der Waals surface area contributed by atoms with Crippen LogP contribution in [0.2, 0.25) is 0 Å². The lowest BCUT2D eigenvalue weighted by molar-refractivity contribution is -0.118. The van der Waals surface area contributed by atoms with Gasteiger partial charge in [-0.1, -0.05) is 68.4 Å². The van der Waals surface area contributed by atoms with E-state index in [1.165, 1.54) is 10.9 Å². The summed E-state index contributed by atoms with van der Waals surface area (Å²) in [6, 6.07) is 24.7. The van der Waals surface area contributed by atoms with Crippen molar-refractivity contribution < 1.29 is 37.7 Å². The van der Waals surface area contributed by atoms with Crippen LogP contribution >= 0.6 is 8.25 Å². The fraction of sp³-hybridized carbons (Fsp3) is 0.314. The summed E-state index contributed by atoms with van der Waals surface area (Å²) in [6.45, 7) is 3.34. The Morgan fingerprint density at radius 2 is 1.62 bits per heavy atom. The summed E-state index contributed by atoms with van der Waals surface area (Å²) < 4.78 is 43.4. The molecular weight excluding hydrogens is 665 g/mol. The number of carbonyl (C=O) groups is 1. The van der Waals surface area contributed by atoms with Crippen LogP contribution in [0.4, 0.5) is 5.95 Å². The van der Waals surface area contributed by atoms with E-state index in [1.54, 1.807) is 28.1 Å². The second-order valence-electron chi connectivity index (χ2n) is 11.9. The predicted molar refractivity (Wildman–Crippen MR) is 183 cm³/mol. The molecule has 260 valence electrons. The highest BCUT2D eigenvalue weighted by Gasteiger charge is 2.46. The fourth-order valence-electron chi connectivity index (χ4n) is 5.99. The molecule has 14 nitrogen and oxygen atoms in total. The number of methoxy groups -OCH3 is 2. The van der Waals surface area contributed by atoms with Crippen molar-refractivity contribution in [3.05, 3.63) is 112 Å². The lowest BCUT2D eigenvalue weighted by Crippen LogP contribution is -2.38. The van der Waals surface area contributed by atoms with E-state index in [-0.39, 0.29) is 42.0 Å². The average molecular weight is 703 g/mol. The van der Waals surface area contributed by atoms with E-state index in [0.717, 1.165) is 16.7 Å². The molecule has 3 N–H and O–H groups in total. The number of imidazole rings is 1. The monoisotopic (exact) mass is 702 g/mol. The minimum Gasteiger partial charge on any atom is -0.497 e. The zero-order chi connectivity index (χ0) is 35.4. The van der Waals surface area contributed by atoms with Crippen LogP contribution in [-0.2, 0) is 29.0 Å². The van der Waals surface area contributed by atoms with E-state index < -0.39 is 37.9 Å². The number of nitrogens with one attached hydrogen (secondary N) is 2. The molecule has 1 saturated heterocycles. The Morgan fingerprint density at radius 1 is 1.02 bits per heavy atom. The standard InChI is InChI=1S/C35H36N5O9P/c1-21(2)32(41)38-34-37-31-30(33(42)39-34)36-20-40(31)29-18-27(49-50(43)44)28(48-29)19-47-35(22-8-6-5-7-9-22,23-10-14-25(45-3)15-11-23)24-12-16-26(46-4)17-13-24/h5-17,20-21,27-29H,18-19H2,1-4H3,(H2-,37,38,39,41,42,43,44)/p+1/t27-,28-,29-/m1/s1. The fourth-order valence-corrected chi connectivity index (χ4v) is 6.44.